The number of amides is 1. The third-order valence-electron chi connectivity index (χ3n) is 6.01. The average molecular weight is 457 g/mol. The zero-order chi connectivity index (χ0) is 24.1. The van der Waals surface area contributed by atoms with Crippen molar-refractivity contribution in [2.24, 2.45) is 0 Å². The highest BCUT2D eigenvalue weighted by Gasteiger charge is 2.45. The molecule has 33 heavy (non-hydrogen) atoms. The number of carbonyl (C=O) groups excluding carboxylic acids is 2. The number of hydrogen-bond donors (Lipinski definition) is 1. The smallest absolute Gasteiger partial charge is 0.290 e. The number of furan rings is 1. The quantitative estimate of drug-likeness (QED) is 0.513. The van der Waals surface area contributed by atoms with Gasteiger partial charge < -0.3 is 28.8 Å². The summed E-state index contributed by atoms with van der Waals surface area (Å²) < 4.78 is 16.6. The Balaban J connectivity index is 2.06. The van der Waals surface area contributed by atoms with Crippen LogP contribution in [0.25, 0.3) is 0 Å². The van der Waals surface area contributed by atoms with Crippen LogP contribution in [0.5, 0.6) is 11.5 Å². The summed E-state index contributed by atoms with van der Waals surface area (Å²) >= 11 is 0. The van der Waals surface area contributed by atoms with Crippen molar-refractivity contribution in [3.05, 3.63) is 58.7 Å². The maximum atomic E-state index is 13.4. The van der Waals surface area contributed by atoms with Crippen molar-refractivity contribution in [2.75, 3.05) is 40.4 Å². The van der Waals surface area contributed by atoms with Crippen LogP contribution in [0.4, 0.5) is 0 Å². The third kappa shape index (κ3) is 4.75. The van der Waals surface area contributed by atoms with Crippen LogP contribution in [-0.4, -0.2) is 67.0 Å². The number of hydrogen-bond acceptors (Lipinski definition) is 7. The fourth-order valence-corrected chi connectivity index (χ4v) is 4.26. The van der Waals surface area contributed by atoms with E-state index >= 15 is 0 Å². The van der Waals surface area contributed by atoms with Gasteiger partial charge in [-0.3, -0.25) is 9.59 Å². The standard InChI is InChI=1S/C25H32N2O6/c1-6-26(7-2)14-9-15-27-21(17-10-8-11-19(31-4)24(17)32-5)20(23(29)25(27)30)22(28)18-13-12-16(3)33-18/h8,10-13,21,29H,6-7,9,14-15H2,1-5H3/t21-/m1/s1. The summed E-state index contributed by atoms with van der Waals surface area (Å²) in [6, 6.07) is 7.66. The molecule has 1 aliphatic heterocycles. The SMILES string of the molecule is CCN(CC)CCCN1C(=O)C(O)=C(C(=O)c2ccc(C)o2)[C@H]1c1cccc(OC)c1OC. The van der Waals surface area contributed by atoms with Crippen molar-refractivity contribution in [3.8, 4) is 11.5 Å². The number of benzene rings is 1. The van der Waals surface area contributed by atoms with Crippen molar-refractivity contribution in [2.45, 2.75) is 33.2 Å². The molecule has 1 aromatic carbocycles. The Bertz CT molecular complexity index is 1040. The molecule has 8 heteroatoms. The van der Waals surface area contributed by atoms with Crippen LogP contribution in [-0.2, 0) is 4.79 Å². The van der Waals surface area contributed by atoms with Crippen LogP contribution in [0.2, 0.25) is 0 Å². The minimum absolute atomic E-state index is 0.0243. The largest absolute Gasteiger partial charge is 0.503 e. The molecule has 0 aliphatic carbocycles. The zero-order valence-electron chi connectivity index (χ0n) is 19.9. The Morgan fingerprint density at radius 2 is 1.88 bits per heavy atom. The van der Waals surface area contributed by atoms with Gasteiger partial charge in [0.05, 0.1) is 25.8 Å². The maximum absolute atomic E-state index is 13.4. The van der Waals surface area contributed by atoms with Gasteiger partial charge in [0.25, 0.3) is 5.91 Å². The highest BCUT2D eigenvalue weighted by molar-refractivity contribution is 6.15. The van der Waals surface area contributed by atoms with Gasteiger partial charge in [0.15, 0.2) is 23.0 Å². The first-order chi connectivity index (χ1) is 15.9. The molecule has 1 aromatic heterocycles. The van der Waals surface area contributed by atoms with Crippen LogP contribution in [0.15, 0.2) is 46.1 Å². The van der Waals surface area contributed by atoms with Crippen LogP contribution >= 0.6 is 0 Å². The molecular formula is C25H32N2O6. The number of carbonyl (C=O) groups is 2. The number of nitrogens with zero attached hydrogens (tertiary/aromatic N) is 2. The number of aliphatic hydroxyl groups is 1. The molecule has 1 aliphatic rings. The fourth-order valence-electron chi connectivity index (χ4n) is 4.26. The van der Waals surface area contributed by atoms with Crippen LogP contribution in [0.1, 0.15) is 48.2 Å². The van der Waals surface area contributed by atoms with Crippen molar-refractivity contribution >= 4 is 11.7 Å². The average Bonchev–Trinajstić information content (AvgIpc) is 3.37. The summed E-state index contributed by atoms with van der Waals surface area (Å²) in [7, 11) is 3.03. The second kappa shape index (κ2) is 10.6. The van der Waals surface area contributed by atoms with Crippen molar-refractivity contribution in [1.82, 2.24) is 9.80 Å². The van der Waals surface area contributed by atoms with Crippen LogP contribution < -0.4 is 9.47 Å². The first-order valence-electron chi connectivity index (χ1n) is 11.2. The second-order valence-electron chi connectivity index (χ2n) is 7.87. The molecular weight excluding hydrogens is 424 g/mol. The van der Waals surface area contributed by atoms with E-state index in [0.29, 0.717) is 35.8 Å². The van der Waals surface area contributed by atoms with E-state index in [0.717, 1.165) is 19.6 Å². The summed E-state index contributed by atoms with van der Waals surface area (Å²) in [6.07, 6.45) is 0.685. The normalized spacial score (nSPS) is 16.1. The number of ketones is 1. The third-order valence-corrected chi connectivity index (χ3v) is 6.01. The van der Waals surface area contributed by atoms with Gasteiger partial charge in [-0.2, -0.15) is 0 Å². The molecule has 0 radical (unpaired) electrons. The molecule has 178 valence electrons. The number of para-hydroxylation sites is 1. The van der Waals surface area contributed by atoms with Gasteiger partial charge in [-0.05, 0) is 51.2 Å². The molecule has 1 N–H and O–H groups in total. The summed E-state index contributed by atoms with van der Waals surface area (Å²) in [5.41, 5.74) is 0.535. The molecule has 0 spiro atoms. The van der Waals surface area contributed by atoms with E-state index in [1.807, 2.05) is 0 Å². The Morgan fingerprint density at radius 3 is 2.45 bits per heavy atom. The molecule has 8 nitrogen and oxygen atoms in total. The Labute approximate surface area is 194 Å². The molecule has 2 aromatic rings. The molecule has 1 amide bonds. The van der Waals surface area contributed by atoms with E-state index in [9.17, 15) is 14.7 Å². The molecule has 0 saturated heterocycles. The first kappa shape index (κ1) is 24.4. The van der Waals surface area contributed by atoms with E-state index in [4.69, 9.17) is 13.9 Å². The van der Waals surface area contributed by atoms with Gasteiger partial charge in [0.2, 0.25) is 5.78 Å². The molecule has 0 unspecified atom stereocenters. The molecule has 0 bridgehead atoms. The molecule has 3 rings (SSSR count). The first-order valence-corrected chi connectivity index (χ1v) is 11.2. The van der Waals surface area contributed by atoms with Gasteiger partial charge in [-0.15, -0.1) is 0 Å². The highest BCUT2D eigenvalue weighted by atomic mass is 16.5. The predicted octanol–water partition coefficient (Wildman–Crippen LogP) is 3.92. The van der Waals surface area contributed by atoms with Gasteiger partial charge in [0.1, 0.15) is 5.76 Å². The summed E-state index contributed by atoms with van der Waals surface area (Å²) in [4.78, 5) is 30.3. The summed E-state index contributed by atoms with van der Waals surface area (Å²) in [6.45, 7) is 8.87. The van der Waals surface area contributed by atoms with Gasteiger partial charge >= 0.3 is 0 Å². The van der Waals surface area contributed by atoms with E-state index in [-0.39, 0.29) is 11.3 Å². The lowest BCUT2D eigenvalue weighted by molar-refractivity contribution is -0.129. The van der Waals surface area contributed by atoms with Crippen molar-refractivity contribution in [3.63, 3.8) is 0 Å². The number of aryl methyl sites for hydroxylation is 1. The number of aliphatic hydroxyl groups excluding tert-OH is 1. The van der Waals surface area contributed by atoms with Crippen molar-refractivity contribution in [1.29, 1.82) is 0 Å². The molecule has 0 fully saturated rings. The predicted molar refractivity (Wildman–Crippen MR) is 124 cm³/mol. The Hall–Kier alpha value is -3.26. The molecule has 0 saturated carbocycles. The maximum Gasteiger partial charge on any atom is 0.290 e. The minimum atomic E-state index is -0.836. The van der Waals surface area contributed by atoms with E-state index < -0.39 is 23.5 Å². The number of rotatable bonds is 11. The van der Waals surface area contributed by atoms with Crippen LogP contribution in [0, 0.1) is 6.92 Å². The lowest BCUT2D eigenvalue weighted by Gasteiger charge is -2.29. The zero-order valence-corrected chi connectivity index (χ0v) is 19.9. The Morgan fingerprint density at radius 1 is 1.15 bits per heavy atom. The Kier molecular flexibility index (Phi) is 7.81. The lowest BCUT2D eigenvalue weighted by Crippen LogP contribution is -2.34. The van der Waals surface area contributed by atoms with Gasteiger partial charge in [0, 0.05) is 12.1 Å². The van der Waals surface area contributed by atoms with E-state index in [2.05, 4.69) is 18.7 Å². The second-order valence-corrected chi connectivity index (χ2v) is 7.87. The number of Topliss-reactive ketones (excluding diaryl/α,β-unsaturated/α-hetero) is 1. The van der Waals surface area contributed by atoms with Gasteiger partial charge in [-0.25, -0.2) is 0 Å². The van der Waals surface area contributed by atoms with Gasteiger partial charge in [-0.1, -0.05) is 26.0 Å². The highest BCUT2D eigenvalue weighted by Crippen LogP contribution is 2.45. The monoisotopic (exact) mass is 456 g/mol. The summed E-state index contributed by atoms with van der Waals surface area (Å²) in [5, 5.41) is 10.8. The number of methoxy groups -OCH3 is 2. The summed E-state index contributed by atoms with van der Waals surface area (Å²) in [5.74, 6) is -0.175. The topological polar surface area (TPSA) is 92.5 Å². The van der Waals surface area contributed by atoms with E-state index in [1.54, 1.807) is 37.3 Å². The molecule has 1 atom stereocenters. The van der Waals surface area contributed by atoms with Crippen LogP contribution in [0.3, 0.4) is 0 Å². The fraction of sp³-hybridized carbons (Fsp3) is 0.440. The minimum Gasteiger partial charge on any atom is -0.503 e. The van der Waals surface area contributed by atoms with Crippen molar-refractivity contribution < 1.29 is 28.6 Å². The lowest BCUT2D eigenvalue weighted by atomic mass is 9.94. The number of ether oxygens (including phenoxy) is 2. The molecule has 2 heterocycles. The van der Waals surface area contributed by atoms with E-state index in [1.165, 1.54) is 19.1 Å².